The van der Waals surface area contributed by atoms with Gasteiger partial charge in [-0.2, -0.15) is 0 Å². The molecule has 1 aromatic rings. The minimum atomic E-state index is -0.892. The molecule has 0 saturated carbocycles. The molecule has 2 aliphatic heterocycles. The Morgan fingerprint density at radius 3 is 2.75 bits per heavy atom. The number of likely N-dealkylation sites (tertiary alicyclic amines) is 1. The molecule has 2 aliphatic rings. The standard InChI is InChI=1S/C18H23FN4O4.ClH/c19-15-9-13(23(26)27)5-6-14(15)18(25)22-8-2-3-12(11-22)10-21-17(24)16-4-1-7-20-16;/h5-6,9,12,16,20H,1-4,7-8,10-11H2,(H,21,24);1H. The van der Waals surface area contributed by atoms with E-state index in [1.54, 1.807) is 4.90 Å². The molecule has 0 aromatic heterocycles. The number of carbonyl (C=O) groups is 2. The quantitative estimate of drug-likeness (QED) is 0.565. The number of nitrogens with one attached hydrogen (secondary N) is 2. The van der Waals surface area contributed by atoms with Crippen molar-refractivity contribution in [1.82, 2.24) is 15.5 Å². The average molecular weight is 415 g/mol. The normalized spacial score (nSPS) is 21.7. The first-order valence-corrected chi connectivity index (χ1v) is 9.20. The molecule has 0 spiro atoms. The van der Waals surface area contributed by atoms with E-state index in [0.29, 0.717) is 19.6 Å². The van der Waals surface area contributed by atoms with E-state index in [1.807, 2.05) is 0 Å². The van der Waals surface area contributed by atoms with Crippen molar-refractivity contribution >= 4 is 29.9 Å². The Morgan fingerprint density at radius 1 is 1.32 bits per heavy atom. The number of nitro groups is 1. The zero-order valence-electron chi connectivity index (χ0n) is 15.4. The highest BCUT2D eigenvalue weighted by Crippen LogP contribution is 2.22. The number of rotatable bonds is 5. The number of amides is 2. The van der Waals surface area contributed by atoms with Crippen LogP contribution < -0.4 is 10.6 Å². The van der Waals surface area contributed by atoms with Crippen LogP contribution in [0.25, 0.3) is 0 Å². The molecule has 2 atom stereocenters. The second kappa shape index (κ2) is 9.79. The summed E-state index contributed by atoms with van der Waals surface area (Å²) in [5.74, 6) is -1.28. The van der Waals surface area contributed by atoms with Crippen molar-refractivity contribution in [3.63, 3.8) is 0 Å². The van der Waals surface area contributed by atoms with Gasteiger partial charge in [-0.1, -0.05) is 0 Å². The molecule has 0 aliphatic carbocycles. The van der Waals surface area contributed by atoms with Crippen molar-refractivity contribution in [2.45, 2.75) is 31.7 Å². The molecule has 8 nitrogen and oxygen atoms in total. The zero-order chi connectivity index (χ0) is 19.4. The maximum absolute atomic E-state index is 14.1. The van der Waals surface area contributed by atoms with Crippen LogP contribution in [-0.4, -0.2) is 53.9 Å². The number of benzene rings is 1. The smallest absolute Gasteiger partial charge is 0.272 e. The first-order chi connectivity index (χ1) is 13.0. The monoisotopic (exact) mass is 414 g/mol. The highest BCUT2D eigenvalue weighted by atomic mass is 35.5. The van der Waals surface area contributed by atoms with Crippen LogP contribution in [0.1, 0.15) is 36.0 Å². The first kappa shape index (κ1) is 22.0. The summed E-state index contributed by atoms with van der Waals surface area (Å²) in [5, 5.41) is 16.8. The summed E-state index contributed by atoms with van der Waals surface area (Å²) in [7, 11) is 0. The van der Waals surface area contributed by atoms with Gasteiger partial charge in [0, 0.05) is 25.7 Å². The van der Waals surface area contributed by atoms with E-state index in [-0.39, 0.29) is 41.5 Å². The lowest BCUT2D eigenvalue weighted by Gasteiger charge is -2.33. The van der Waals surface area contributed by atoms with Crippen molar-refractivity contribution in [2.75, 3.05) is 26.2 Å². The topological polar surface area (TPSA) is 105 Å². The number of piperidine rings is 1. The zero-order valence-corrected chi connectivity index (χ0v) is 16.2. The fourth-order valence-corrected chi connectivity index (χ4v) is 3.65. The van der Waals surface area contributed by atoms with Gasteiger partial charge in [-0.05, 0) is 44.2 Å². The average Bonchev–Trinajstić information content (AvgIpc) is 3.20. The molecule has 0 radical (unpaired) electrons. The third-order valence-electron chi connectivity index (χ3n) is 5.14. The summed E-state index contributed by atoms with van der Waals surface area (Å²) in [6.45, 7) is 2.26. The van der Waals surface area contributed by atoms with Crippen LogP contribution in [0.3, 0.4) is 0 Å². The SMILES string of the molecule is Cl.O=C(NCC1CCCN(C(=O)c2ccc([N+](=O)[O-])cc2F)C1)C1CCCN1. The lowest BCUT2D eigenvalue weighted by atomic mass is 9.97. The van der Waals surface area contributed by atoms with E-state index in [4.69, 9.17) is 0 Å². The second-order valence-electron chi connectivity index (χ2n) is 7.07. The Kier molecular flexibility index (Phi) is 7.70. The van der Waals surface area contributed by atoms with Crippen LogP contribution in [0.5, 0.6) is 0 Å². The number of hydrogen-bond acceptors (Lipinski definition) is 5. The van der Waals surface area contributed by atoms with Gasteiger partial charge in [0.1, 0.15) is 5.82 Å². The molecule has 2 amide bonds. The van der Waals surface area contributed by atoms with Crippen molar-refractivity contribution in [3.8, 4) is 0 Å². The maximum Gasteiger partial charge on any atom is 0.272 e. The predicted molar refractivity (Wildman–Crippen MR) is 103 cm³/mol. The highest BCUT2D eigenvalue weighted by Gasteiger charge is 2.28. The van der Waals surface area contributed by atoms with Gasteiger partial charge in [-0.15, -0.1) is 12.4 Å². The largest absolute Gasteiger partial charge is 0.354 e. The lowest BCUT2D eigenvalue weighted by Crippen LogP contribution is -2.46. The Morgan fingerprint density at radius 2 is 2.11 bits per heavy atom. The molecule has 1 aromatic carbocycles. The second-order valence-corrected chi connectivity index (χ2v) is 7.07. The van der Waals surface area contributed by atoms with E-state index >= 15 is 0 Å². The minimum Gasteiger partial charge on any atom is -0.354 e. The van der Waals surface area contributed by atoms with Gasteiger partial charge in [-0.25, -0.2) is 4.39 Å². The predicted octanol–water partition coefficient (Wildman–Crippen LogP) is 1.88. The van der Waals surface area contributed by atoms with Crippen molar-refractivity contribution in [1.29, 1.82) is 0 Å². The number of hydrogen-bond donors (Lipinski definition) is 2. The van der Waals surface area contributed by atoms with Crippen LogP contribution in [0.4, 0.5) is 10.1 Å². The molecular formula is C18H24ClFN4O4. The fraction of sp³-hybridized carbons (Fsp3) is 0.556. The summed E-state index contributed by atoms with van der Waals surface area (Å²) < 4.78 is 14.1. The molecule has 3 rings (SSSR count). The van der Waals surface area contributed by atoms with Crippen molar-refractivity contribution in [3.05, 3.63) is 39.7 Å². The van der Waals surface area contributed by atoms with Gasteiger partial charge in [0.25, 0.3) is 11.6 Å². The Bertz CT molecular complexity index is 742. The molecule has 2 N–H and O–H groups in total. The number of nitro benzene ring substituents is 1. The van der Waals surface area contributed by atoms with E-state index < -0.39 is 16.6 Å². The Labute approximate surface area is 168 Å². The number of nitrogens with zero attached hydrogens (tertiary/aromatic N) is 2. The molecule has 154 valence electrons. The number of carbonyl (C=O) groups excluding carboxylic acids is 2. The fourth-order valence-electron chi connectivity index (χ4n) is 3.65. The van der Waals surface area contributed by atoms with Crippen LogP contribution in [0.2, 0.25) is 0 Å². The van der Waals surface area contributed by atoms with Gasteiger partial charge in [0.2, 0.25) is 5.91 Å². The molecule has 2 heterocycles. The van der Waals surface area contributed by atoms with Crippen LogP contribution >= 0.6 is 12.4 Å². The van der Waals surface area contributed by atoms with Gasteiger partial charge < -0.3 is 15.5 Å². The summed E-state index contributed by atoms with van der Waals surface area (Å²) in [4.78, 5) is 36.3. The summed E-state index contributed by atoms with van der Waals surface area (Å²) >= 11 is 0. The lowest BCUT2D eigenvalue weighted by molar-refractivity contribution is -0.385. The van der Waals surface area contributed by atoms with Gasteiger partial charge in [0.15, 0.2) is 0 Å². The molecule has 2 fully saturated rings. The van der Waals surface area contributed by atoms with Crippen molar-refractivity contribution in [2.24, 2.45) is 5.92 Å². The number of halogens is 2. The van der Waals surface area contributed by atoms with Gasteiger partial charge >= 0.3 is 0 Å². The highest BCUT2D eigenvalue weighted by molar-refractivity contribution is 5.94. The molecule has 0 bridgehead atoms. The summed E-state index contributed by atoms with van der Waals surface area (Å²) in [6, 6.07) is 2.92. The van der Waals surface area contributed by atoms with Crippen LogP contribution in [0, 0.1) is 21.8 Å². The van der Waals surface area contributed by atoms with E-state index in [0.717, 1.165) is 50.4 Å². The third kappa shape index (κ3) is 5.17. The third-order valence-corrected chi connectivity index (χ3v) is 5.14. The van der Waals surface area contributed by atoms with E-state index in [1.165, 1.54) is 0 Å². The Balaban J connectivity index is 0.00000280. The van der Waals surface area contributed by atoms with E-state index in [2.05, 4.69) is 10.6 Å². The van der Waals surface area contributed by atoms with Gasteiger partial charge in [0.05, 0.1) is 22.6 Å². The maximum atomic E-state index is 14.1. The minimum absolute atomic E-state index is 0. The van der Waals surface area contributed by atoms with Crippen molar-refractivity contribution < 1.29 is 18.9 Å². The molecule has 2 unspecified atom stereocenters. The van der Waals surface area contributed by atoms with Gasteiger partial charge in [-0.3, -0.25) is 19.7 Å². The van der Waals surface area contributed by atoms with E-state index in [9.17, 15) is 24.1 Å². The summed E-state index contributed by atoms with van der Waals surface area (Å²) in [6.07, 6.45) is 3.47. The number of non-ortho nitro benzene ring substituents is 1. The first-order valence-electron chi connectivity index (χ1n) is 9.20. The molecule has 10 heteroatoms. The Hall–Kier alpha value is -2.26. The molecular weight excluding hydrogens is 391 g/mol. The van der Waals surface area contributed by atoms with Crippen LogP contribution in [0.15, 0.2) is 18.2 Å². The molecule has 28 heavy (non-hydrogen) atoms. The molecule has 2 saturated heterocycles. The summed E-state index contributed by atoms with van der Waals surface area (Å²) in [5.41, 5.74) is -0.552. The van der Waals surface area contributed by atoms with Crippen LogP contribution in [-0.2, 0) is 4.79 Å².